The largest absolute Gasteiger partial charge is 0.395 e. The molecule has 0 atom stereocenters. The van der Waals surface area contributed by atoms with Crippen LogP contribution in [-0.2, 0) is 13.6 Å². The van der Waals surface area contributed by atoms with Crippen molar-refractivity contribution in [1.29, 1.82) is 0 Å². The van der Waals surface area contributed by atoms with Crippen LogP contribution in [0.15, 0.2) is 54.6 Å². The molecule has 0 spiro atoms. The summed E-state index contributed by atoms with van der Waals surface area (Å²) in [6.07, 6.45) is 0. The second-order valence-electron chi connectivity index (χ2n) is 5.09. The first-order valence-electron chi connectivity index (χ1n) is 7.11. The highest BCUT2D eigenvalue weighted by atomic mass is 16.3. The number of para-hydroxylation sites is 2. The summed E-state index contributed by atoms with van der Waals surface area (Å²) in [5.41, 5.74) is 3.28. The van der Waals surface area contributed by atoms with Gasteiger partial charge < -0.3 is 14.6 Å². The van der Waals surface area contributed by atoms with Gasteiger partial charge in [-0.2, -0.15) is 0 Å². The van der Waals surface area contributed by atoms with Crippen LogP contribution in [0.4, 0.5) is 5.95 Å². The maximum Gasteiger partial charge on any atom is 0.206 e. The molecule has 0 radical (unpaired) electrons. The highest BCUT2D eigenvalue weighted by Crippen LogP contribution is 2.22. The molecular weight excluding hydrogens is 262 g/mol. The van der Waals surface area contributed by atoms with Crippen molar-refractivity contribution in [3.63, 3.8) is 0 Å². The normalized spacial score (nSPS) is 11.0. The lowest BCUT2D eigenvalue weighted by Gasteiger charge is -2.23. The lowest BCUT2D eigenvalue weighted by atomic mass is 10.2. The molecular formula is C17H19N3O. The first-order valence-corrected chi connectivity index (χ1v) is 7.11. The van der Waals surface area contributed by atoms with Gasteiger partial charge in [0, 0.05) is 20.1 Å². The van der Waals surface area contributed by atoms with Gasteiger partial charge in [-0.15, -0.1) is 0 Å². The minimum absolute atomic E-state index is 0.107. The Morgan fingerprint density at radius 3 is 2.48 bits per heavy atom. The molecule has 0 bridgehead atoms. The summed E-state index contributed by atoms with van der Waals surface area (Å²) < 4.78 is 2.08. The Hall–Kier alpha value is -2.33. The zero-order valence-corrected chi connectivity index (χ0v) is 12.1. The molecule has 0 unspecified atom stereocenters. The zero-order chi connectivity index (χ0) is 14.7. The fourth-order valence-corrected chi connectivity index (χ4v) is 2.59. The fraction of sp³-hybridized carbons (Fsp3) is 0.235. The van der Waals surface area contributed by atoms with Crippen LogP contribution in [0.25, 0.3) is 11.0 Å². The summed E-state index contributed by atoms with van der Waals surface area (Å²) in [6.45, 7) is 1.40. The van der Waals surface area contributed by atoms with E-state index in [2.05, 4.69) is 27.7 Å². The second-order valence-corrected chi connectivity index (χ2v) is 5.09. The van der Waals surface area contributed by atoms with E-state index in [0.29, 0.717) is 6.54 Å². The molecule has 0 amide bonds. The van der Waals surface area contributed by atoms with Gasteiger partial charge >= 0.3 is 0 Å². The lowest BCUT2D eigenvalue weighted by Crippen LogP contribution is -2.28. The van der Waals surface area contributed by atoms with Crippen LogP contribution in [0.3, 0.4) is 0 Å². The third-order valence-electron chi connectivity index (χ3n) is 3.63. The number of aliphatic hydroxyl groups excluding tert-OH is 1. The Kier molecular flexibility index (Phi) is 3.88. The SMILES string of the molecule is Cn1c(N(CCO)Cc2ccccc2)nc2ccccc21. The highest BCUT2D eigenvalue weighted by Gasteiger charge is 2.14. The van der Waals surface area contributed by atoms with Crippen LogP contribution in [0.5, 0.6) is 0 Å². The van der Waals surface area contributed by atoms with Crippen LogP contribution in [0, 0.1) is 0 Å². The van der Waals surface area contributed by atoms with Crippen LogP contribution in [0.1, 0.15) is 5.56 Å². The average molecular weight is 281 g/mol. The van der Waals surface area contributed by atoms with Crippen molar-refractivity contribution in [3.8, 4) is 0 Å². The number of anilines is 1. The number of hydrogen-bond acceptors (Lipinski definition) is 3. The van der Waals surface area contributed by atoms with Gasteiger partial charge in [-0.25, -0.2) is 4.98 Å². The third-order valence-corrected chi connectivity index (χ3v) is 3.63. The van der Waals surface area contributed by atoms with Crippen LogP contribution < -0.4 is 4.90 Å². The fourth-order valence-electron chi connectivity index (χ4n) is 2.59. The van der Waals surface area contributed by atoms with Crippen molar-refractivity contribution in [2.24, 2.45) is 7.05 Å². The number of benzene rings is 2. The number of rotatable bonds is 5. The molecule has 108 valence electrons. The predicted molar refractivity (Wildman–Crippen MR) is 85.3 cm³/mol. The molecule has 0 saturated carbocycles. The van der Waals surface area contributed by atoms with E-state index in [-0.39, 0.29) is 6.61 Å². The van der Waals surface area contributed by atoms with Crippen molar-refractivity contribution in [2.45, 2.75) is 6.54 Å². The number of hydrogen-bond donors (Lipinski definition) is 1. The maximum absolute atomic E-state index is 9.36. The van der Waals surface area contributed by atoms with Gasteiger partial charge in [-0.3, -0.25) is 0 Å². The summed E-state index contributed by atoms with van der Waals surface area (Å²) in [5, 5.41) is 9.36. The highest BCUT2D eigenvalue weighted by molar-refractivity contribution is 5.78. The smallest absolute Gasteiger partial charge is 0.206 e. The summed E-state index contributed by atoms with van der Waals surface area (Å²) in [4.78, 5) is 6.81. The standard InChI is InChI=1S/C17H19N3O/c1-19-16-10-6-5-9-15(16)18-17(19)20(11-12-21)13-14-7-3-2-4-8-14/h2-10,21H,11-13H2,1H3. The van der Waals surface area contributed by atoms with E-state index in [1.807, 2.05) is 43.4 Å². The monoisotopic (exact) mass is 281 g/mol. The van der Waals surface area contributed by atoms with E-state index in [4.69, 9.17) is 4.98 Å². The summed E-state index contributed by atoms with van der Waals surface area (Å²) >= 11 is 0. The van der Waals surface area contributed by atoms with Crippen molar-refractivity contribution in [3.05, 3.63) is 60.2 Å². The summed E-state index contributed by atoms with van der Waals surface area (Å²) in [6, 6.07) is 18.3. The summed E-state index contributed by atoms with van der Waals surface area (Å²) in [5.74, 6) is 0.883. The molecule has 0 fully saturated rings. The van der Waals surface area contributed by atoms with Crippen LogP contribution >= 0.6 is 0 Å². The molecule has 0 saturated heterocycles. The van der Waals surface area contributed by atoms with E-state index in [0.717, 1.165) is 23.5 Å². The first kappa shape index (κ1) is 13.6. The van der Waals surface area contributed by atoms with E-state index >= 15 is 0 Å². The Bertz CT molecular complexity index is 721. The number of aliphatic hydroxyl groups is 1. The Labute approximate surface area is 124 Å². The van der Waals surface area contributed by atoms with E-state index < -0.39 is 0 Å². The number of aryl methyl sites for hydroxylation is 1. The Morgan fingerprint density at radius 2 is 1.76 bits per heavy atom. The second kappa shape index (κ2) is 5.97. The number of nitrogens with zero attached hydrogens (tertiary/aromatic N) is 3. The molecule has 4 nitrogen and oxygen atoms in total. The van der Waals surface area contributed by atoms with Gasteiger partial charge in [0.05, 0.1) is 17.6 Å². The molecule has 2 aromatic carbocycles. The van der Waals surface area contributed by atoms with E-state index in [1.165, 1.54) is 5.56 Å². The third kappa shape index (κ3) is 2.76. The first-order chi connectivity index (χ1) is 10.3. The van der Waals surface area contributed by atoms with Crippen molar-refractivity contribution < 1.29 is 5.11 Å². The quantitative estimate of drug-likeness (QED) is 0.781. The van der Waals surface area contributed by atoms with Crippen molar-refractivity contribution in [1.82, 2.24) is 9.55 Å². The predicted octanol–water partition coefficient (Wildman–Crippen LogP) is 2.57. The molecule has 1 aromatic heterocycles. The average Bonchev–Trinajstić information content (AvgIpc) is 2.85. The van der Waals surface area contributed by atoms with Gasteiger partial charge in [0.2, 0.25) is 5.95 Å². The van der Waals surface area contributed by atoms with E-state index in [9.17, 15) is 5.11 Å². The lowest BCUT2D eigenvalue weighted by molar-refractivity contribution is 0.300. The molecule has 1 N–H and O–H groups in total. The van der Waals surface area contributed by atoms with Crippen molar-refractivity contribution >= 4 is 17.0 Å². The molecule has 4 heteroatoms. The summed E-state index contributed by atoms with van der Waals surface area (Å²) in [7, 11) is 2.01. The van der Waals surface area contributed by atoms with Crippen LogP contribution in [-0.4, -0.2) is 27.8 Å². The molecule has 1 heterocycles. The van der Waals surface area contributed by atoms with Gasteiger partial charge in [0.1, 0.15) is 0 Å². The topological polar surface area (TPSA) is 41.3 Å². The molecule has 21 heavy (non-hydrogen) atoms. The van der Waals surface area contributed by atoms with Gasteiger partial charge in [-0.05, 0) is 17.7 Å². The minimum Gasteiger partial charge on any atom is -0.395 e. The molecule has 3 rings (SSSR count). The molecule has 3 aromatic rings. The van der Waals surface area contributed by atoms with Crippen molar-refractivity contribution in [2.75, 3.05) is 18.1 Å². The minimum atomic E-state index is 0.107. The van der Waals surface area contributed by atoms with Gasteiger partial charge in [0.15, 0.2) is 0 Å². The number of fused-ring (bicyclic) bond motifs is 1. The van der Waals surface area contributed by atoms with Gasteiger partial charge in [0.25, 0.3) is 0 Å². The van der Waals surface area contributed by atoms with E-state index in [1.54, 1.807) is 0 Å². The van der Waals surface area contributed by atoms with Gasteiger partial charge in [-0.1, -0.05) is 42.5 Å². The number of aromatic nitrogens is 2. The molecule has 0 aliphatic rings. The zero-order valence-electron chi connectivity index (χ0n) is 12.1. The van der Waals surface area contributed by atoms with Crippen LogP contribution in [0.2, 0.25) is 0 Å². The molecule has 0 aliphatic heterocycles. The molecule has 0 aliphatic carbocycles. The Morgan fingerprint density at radius 1 is 1.05 bits per heavy atom. The Balaban J connectivity index is 1.97. The maximum atomic E-state index is 9.36. The number of imidazole rings is 1.